The van der Waals surface area contributed by atoms with E-state index >= 15 is 0 Å². The number of hydrogen-bond acceptors (Lipinski definition) is 6. The summed E-state index contributed by atoms with van der Waals surface area (Å²) in [6.45, 7) is 5.18. The Bertz CT molecular complexity index is 591. The van der Waals surface area contributed by atoms with E-state index in [1.54, 1.807) is 4.90 Å². The van der Waals surface area contributed by atoms with Crippen LogP contribution in [-0.2, 0) is 9.59 Å². The molecule has 2 saturated heterocycles. The zero-order valence-electron chi connectivity index (χ0n) is 14.2. The van der Waals surface area contributed by atoms with Crippen LogP contribution < -0.4 is 15.1 Å². The van der Waals surface area contributed by atoms with Crippen molar-refractivity contribution in [2.24, 2.45) is 5.92 Å². The fraction of sp³-hybridized carbons (Fsp3) is 0.750. The first-order valence-corrected chi connectivity index (χ1v) is 9.67. The fourth-order valence-corrected chi connectivity index (χ4v) is 4.12. The lowest BCUT2D eigenvalue weighted by Crippen LogP contribution is -2.43. The number of nitrogens with one attached hydrogen (secondary N) is 1. The van der Waals surface area contributed by atoms with Gasteiger partial charge in [0.15, 0.2) is 0 Å². The van der Waals surface area contributed by atoms with Gasteiger partial charge in [-0.05, 0) is 25.7 Å². The fourth-order valence-electron chi connectivity index (χ4n) is 3.19. The second kappa shape index (κ2) is 7.92. The number of anilines is 2. The van der Waals surface area contributed by atoms with Gasteiger partial charge in [-0.2, -0.15) is 0 Å². The van der Waals surface area contributed by atoms with E-state index in [4.69, 9.17) is 0 Å². The number of unbranched alkanes of at least 4 members (excludes halogenated alkanes) is 1. The molecular weight excluding hydrogens is 326 g/mol. The van der Waals surface area contributed by atoms with Crippen LogP contribution in [0.25, 0.3) is 0 Å². The molecule has 3 rings (SSSR count). The minimum absolute atomic E-state index is 0.0105. The number of piperidine rings is 1. The molecule has 1 N–H and O–H groups in total. The second-order valence-corrected chi connectivity index (χ2v) is 7.38. The van der Waals surface area contributed by atoms with Crippen LogP contribution in [0.3, 0.4) is 0 Å². The zero-order chi connectivity index (χ0) is 16.9. The van der Waals surface area contributed by atoms with E-state index in [9.17, 15) is 9.59 Å². The molecule has 0 saturated carbocycles. The Morgan fingerprint density at radius 3 is 2.88 bits per heavy atom. The van der Waals surface area contributed by atoms with Crippen LogP contribution in [0.1, 0.15) is 45.4 Å². The molecule has 0 aromatic carbocycles. The van der Waals surface area contributed by atoms with Crippen molar-refractivity contribution in [1.29, 1.82) is 0 Å². The molecule has 2 fully saturated rings. The highest BCUT2D eigenvalue weighted by Crippen LogP contribution is 2.32. The Morgan fingerprint density at radius 2 is 2.12 bits per heavy atom. The maximum absolute atomic E-state index is 12.3. The third-order valence-electron chi connectivity index (χ3n) is 4.60. The number of carbonyl (C=O) groups is 2. The summed E-state index contributed by atoms with van der Waals surface area (Å²) in [7, 11) is 0. The molecule has 1 aromatic rings. The predicted molar refractivity (Wildman–Crippen MR) is 94.4 cm³/mol. The van der Waals surface area contributed by atoms with Crippen molar-refractivity contribution in [3.05, 3.63) is 0 Å². The molecule has 1 atom stereocenters. The molecule has 0 radical (unpaired) electrons. The molecule has 0 aliphatic carbocycles. The van der Waals surface area contributed by atoms with E-state index in [2.05, 4.69) is 27.3 Å². The first-order valence-electron chi connectivity index (χ1n) is 8.85. The maximum atomic E-state index is 12.3. The Balaban J connectivity index is 1.59. The second-order valence-electron chi connectivity index (χ2n) is 6.45. The normalized spacial score (nSPS) is 21.4. The first kappa shape index (κ1) is 17.1. The van der Waals surface area contributed by atoms with Crippen LogP contribution in [0.4, 0.5) is 10.3 Å². The summed E-state index contributed by atoms with van der Waals surface area (Å²) in [5, 5.41) is 13.0. The van der Waals surface area contributed by atoms with E-state index in [0.717, 1.165) is 56.9 Å². The molecule has 8 heteroatoms. The monoisotopic (exact) mass is 351 g/mol. The van der Waals surface area contributed by atoms with Crippen LogP contribution in [0, 0.1) is 5.92 Å². The summed E-state index contributed by atoms with van der Waals surface area (Å²) in [4.78, 5) is 28.0. The lowest BCUT2D eigenvalue weighted by molar-refractivity contribution is -0.125. The molecule has 7 nitrogen and oxygen atoms in total. The van der Waals surface area contributed by atoms with E-state index < -0.39 is 0 Å². The van der Waals surface area contributed by atoms with Gasteiger partial charge in [0.05, 0.1) is 5.92 Å². The molecule has 1 aromatic heterocycles. The first-order chi connectivity index (χ1) is 11.7. The molecule has 2 aliphatic rings. The van der Waals surface area contributed by atoms with E-state index in [-0.39, 0.29) is 17.7 Å². The quantitative estimate of drug-likeness (QED) is 0.791. The summed E-state index contributed by atoms with van der Waals surface area (Å²) in [6.07, 6.45) is 5.48. The Labute approximate surface area is 146 Å². The molecule has 2 aliphatic heterocycles. The number of nitrogens with zero attached hydrogens (tertiary/aromatic N) is 4. The summed E-state index contributed by atoms with van der Waals surface area (Å²) in [5.74, 6) is 0.286. The Kier molecular flexibility index (Phi) is 5.65. The summed E-state index contributed by atoms with van der Waals surface area (Å²) in [5.41, 5.74) is 0. The third-order valence-corrected chi connectivity index (χ3v) is 5.61. The topological polar surface area (TPSA) is 78.4 Å². The van der Waals surface area contributed by atoms with Crippen molar-refractivity contribution < 1.29 is 9.59 Å². The van der Waals surface area contributed by atoms with Gasteiger partial charge in [-0.1, -0.05) is 24.7 Å². The number of amides is 2. The summed E-state index contributed by atoms with van der Waals surface area (Å²) >= 11 is 1.45. The van der Waals surface area contributed by atoms with Crippen molar-refractivity contribution in [3.63, 3.8) is 0 Å². The molecule has 3 heterocycles. The number of carbonyl (C=O) groups excluding carboxylic acids is 2. The van der Waals surface area contributed by atoms with Gasteiger partial charge in [0.25, 0.3) is 0 Å². The van der Waals surface area contributed by atoms with Gasteiger partial charge in [-0.25, -0.2) is 0 Å². The lowest BCUT2D eigenvalue weighted by Gasteiger charge is -2.31. The average molecular weight is 351 g/mol. The highest BCUT2D eigenvalue weighted by Gasteiger charge is 2.29. The molecular formula is C16H25N5O2S. The maximum Gasteiger partial charge on any atom is 0.228 e. The number of rotatable bonds is 6. The van der Waals surface area contributed by atoms with Crippen LogP contribution in [-0.4, -0.2) is 48.2 Å². The minimum atomic E-state index is 0.0105. The molecule has 0 bridgehead atoms. The van der Waals surface area contributed by atoms with E-state index in [0.29, 0.717) is 18.1 Å². The predicted octanol–water partition coefficient (Wildman–Crippen LogP) is 1.80. The van der Waals surface area contributed by atoms with Crippen molar-refractivity contribution in [2.45, 2.75) is 45.4 Å². The van der Waals surface area contributed by atoms with Gasteiger partial charge in [0.1, 0.15) is 0 Å². The van der Waals surface area contributed by atoms with Gasteiger partial charge >= 0.3 is 0 Å². The smallest absolute Gasteiger partial charge is 0.228 e. The summed E-state index contributed by atoms with van der Waals surface area (Å²) < 4.78 is 0. The molecule has 0 spiro atoms. The number of aromatic nitrogens is 2. The van der Waals surface area contributed by atoms with Crippen LogP contribution in [0.15, 0.2) is 0 Å². The SMILES string of the molecule is CCCCNC(=O)[C@H]1CCCN(c2nnc(N3CCCC3=O)s2)C1. The van der Waals surface area contributed by atoms with Gasteiger partial charge < -0.3 is 10.2 Å². The van der Waals surface area contributed by atoms with E-state index in [1.807, 2.05) is 0 Å². The van der Waals surface area contributed by atoms with Crippen LogP contribution >= 0.6 is 11.3 Å². The van der Waals surface area contributed by atoms with Gasteiger partial charge in [-0.3, -0.25) is 14.5 Å². The van der Waals surface area contributed by atoms with Crippen LogP contribution in [0.5, 0.6) is 0 Å². The molecule has 2 amide bonds. The number of hydrogen-bond donors (Lipinski definition) is 1. The average Bonchev–Trinajstić information content (AvgIpc) is 3.24. The molecule has 0 unspecified atom stereocenters. The van der Waals surface area contributed by atoms with Crippen molar-refractivity contribution in [1.82, 2.24) is 15.5 Å². The van der Waals surface area contributed by atoms with Gasteiger partial charge in [0.2, 0.25) is 22.1 Å². The molecule has 24 heavy (non-hydrogen) atoms. The van der Waals surface area contributed by atoms with Gasteiger partial charge in [0, 0.05) is 32.6 Å². The zero-order valence-corrected chi connectivity index (χ0v) is 15.0. The van der Waals surface area contributed by atoms with E-state index in [1.165, 1.54) is 11.3 Å². The Hall–Kier alpha value is -1.70. The standard InChI is InChI=1S/C16H25N5O2S/c1-2-3-8-17-14(23)12-6-4-9-20(11-12)15-18-19-16(24-15)21-10-5-7-13(21)22/h12H,2-11H2,1H3,(H,17,23)/t12-/m0/s1. The molecule has 132 valence electrons. The van der Waals surface area contributed by atoms with Gasteiger partial charge in [-0.15, -0.1) is 10.2 Å². The van der Waals surface area contributed by atoms with Crippen molar-refractivity contribution in [2.75, 3.05) is 36.0 Å². The largest absolute Gasteiger partial charge is 0.356 e. The third kappa shape index (κ3) is 3.85. The summed E-state index contributed by atoms with van der Waals surface area (Å²) in [6, 6.07) is 0. The lowest BCUT2D eigenvalue weighted by atomic mass is 9.97. The van der Waals surface area contributed by atoms with Crippen molar-refractivity contribution >= 4 is 33.4 Å². The van der Waals surface area contributed by atoms with Crippen LogP contribution in [0.2, 0.25) is 0 Å². The minimum Gasteiger partial charge on any atom is -0.356 e. The highest BCUT2D eigenvalue weighted by molar-refractivity contribution is 7.19. The van der Waals surface area contributed by atoms with Crippen molar-refractivity contribution in [3.8, 4) is 0 Å². The highest BCUT2D eigenvalue weighted by atomic mass is 32.1. The Morgan fingerprint density at radius 1 is 1.29 bits per heavy atom.